The molecule has 0 aliphatic rings. The Morgan fingerprint density at radius 3 is 2.29 bits per heavy atom. The van der Waals surface area contributed by atoms with Crippen molar-refractivity contribution in [2.75, 3.05) is 32.9 Å². The summed E-state index contributed by atoms with van der Waals surface area (Å²) in [6.45, 7) is 9.80. The Morgan fingerprint density at radius 1 is 1.21 bits per heavy atom. The third-order valence-corrected chi connectivity index (χ3v) is 2.96. The first-order chi connectivity index (χ1) is 6.74. The van der Waals surface area contributed by atoms with Crippen molar-refractivity contribution < 1.29 is 9.84 Å². The highest BCUT2D eigenvalue weighted by molar-refractivity contribution is 4.77. The maximum absolute atomic E-state index is 9.31. The third-order valence-electron chi connectivity index (χ3n) is 2.96. The Balaban J connectivity index is 3.61. The van der Waals surface area contributed by atoms with Crippen LogP contribution in [0.4, 0.5) is 0 Å². The van der Waals surface area contributed by atoms with Crippen LogP contribution >= 0.6 is 0 Å². The van der Waals surface area contributed by atoms with Gasteiger partial charge in [-0.3, -0.25) is 0 Å². The van der Waals surface area contributed by atoms with Crippen molar-refractivity contribution in [1.29, 1.82) is 0 Å². The zero-order valence-electron chi connectivity index (χ0n) is 9.81. The number of hydrogen-bond donors (Lipinski definition) is 2. The second kappa shape index (κ2) is 8.21. The molecule has 0 aromatic carbocycles. The summed E-state index contributed by atoms with van der Waals surface area (Å²) in [5.74, 6) is 0. The van der Waals surface area contributed by atoms with Gasteiger partial charge in [0.05, 0.1) is 6.61 Å². The van der Waals surface area contributed by atoms with Gasteiger partial charge in [0.2, 0.25) is 0 Å². The lowest BCUT2D eigenvalue weighted by Gasteiger charge is -2.29. The average Bonchev–Trinajstić information content (AvgIpc) is 2.24. The van der Waals surface area contributed by atoms with Gasteiger partial charge >= 0.3 is 0 Å². The fourth-order valence-corrected chi connectivity index (χ4v) is 1.42. The summed E-state index contributed by atoms with van der Waals surface area (Å²) < 4.78 is 5.22. The Bertz CT molecular complexity index is 116. The molecular formula is C11H25NO2. The minimum Gasteiger partial charge on any atom is -0.396 e. The lowest BCUT2D eigenvalue weighted by atomic mass is 9.83. The van der Waals surface area contributed by atoms with E-state index in [-0.39, 0.29) is 12.0 Å². The molecule has 0 aromatic rings. The molecule has 0 aliphatic carbocycles. The third kappa shape index (κ3) is 4.94. The topological polar surface area (TPSA) is 41.5 Å². The maximum atomic E-state index is 9.31. The maximum Gasteiger partial charge on any atom is 0.0590 e. The van der Waals surface area contributed by atoms with Crippen LogP contribution in [0.3, 0.4) is 0 Å². The van der Waals surface area contributed by atoms with E-state index in [0.717, 1.165) is 39.1 Å². The van der Waals surface area contributed by atoms with Gasteiger partial charge in [-0.2, -0.15) is 0 Å². The molecule has 0 unspecified atom stereocenters. The average molecular weight is 203 g/mol. The fourth-order valence-electron chi connectivity index (χ4n) is 1.42. The van der Waals surface area contributed by atoms with Crippen molar-refractivity contribution in [3.63, 3.8) is 0 Å². The summed E-state index contributed by atoms with van der Waals surface area (Å²) in [4.78, 5) is 0. The number of nitrogens with one attached hydrogen (secondary N) is 1. The molecule has 0 saturated carbocycles. The molecule has 0 fully saturated rings. The molecule has 0 amide bonds. The Morgan fingerprint density at radius 2 is 1.86 bits per heavy atom. The zero-order valence-corrected chi connectivity index (χ0v) is 9.81. The van der Waals surface area contributed by atoms with Gasteiger partial charge in [0.15, 0.2) is 0 Å². The summed E-state index contributed by atoms with van der Waals surface area (Å²) in [5.41, 5.74) is 0.0617. The van der Waals surface area contributed by atoms with Gasteiger partial charge in [0.25, 0.3) is 0 Å². The van der Waals surface area contributed by atoms with Gasteiger partial charge in [0.1, 0.15) is 0 Å². The molecule has 0 aliphatic heterocycles. The van der Waals surface area contributed by atoms with E-state index in [0.29, 0.717) is 0 Å². The Kier molecular flexibility index (Phi) is 8.14. The van der Waals surface area contributed by atoms with E-state index in [1.807, 2.05) is 6.92 Å². The number of rotatable bonds is 9. The molecule has 3 nitrogen and oxygen atoms in total. The van der Waals surface area contributed by atoms with Gasteiger partial charge in [-0.05, 0) is 19.8 Å². The smallest absolute Gasteiger partial charge is 0.0590 e. The van der Waals surface area contributed by atoms with Crippen molar-refractivity contribution in [2.24, 2.45) is 5.41 Å². The van der Waals surface area contributed by atoms with Crippen LogP contribution in [0.15, 0.2) is 0 Å². The van der Waals surface area contributed by atoms with Crippen molar-refractivity contribution in [2.45, 2.75) is 33.6 Å². The van der Waals surface area contributed by atoms with Crippen molar-refractivity contribution in [1.82, 2.24) is 5.32 Å². The first-order valence-corrected chi connectivity index (χ1v) is 5.64. The molecule has 0 atom stereocenters. The minimum atomic E-state index is 0.0617. The van der Waals surface area contributed by atoms with E-state index in [1.54, 1.807) is 0 Å². The molecule has 0 rings (SSSR count). The minimum absolute atomic E-state index is 0.0617. The lowest BCUT2D eigenvalue weighted by molar-refractivity contribution is 0.105. The summed E-state index contributed by atoms with van der Waals surface area (Å²) in [6.07, 6.45) is 2.03. The number of aliphatic hydroxyl groups is 1. The van der Waals surface area contributed by atoms with E-state index in [1.165, 1.54) is 0 Å². The van der Waals surface area contributed by atoms with Crippen LogP contribution in [-0.2, 0) is 4.74 Å². The van der Waals surface area contributed by atoms with E-state index in [2.05, 4.69) is 19.2 Å². The predicted octanol–water partition coefficient (Wildman–Crippen LogP) is 1.41. The van der Waals surface area contributed by atoms with Gasteiger partial charge in [0, 0.05) is 31.7 Å². The van der Waals surface area contributed by atoms with Crippen LogP contribution in [0.5, 0.6) is 0 Å². The summed E-state index contributed by atoms with van der Waals surface area (Å²) in [5, 5.41) is 12.6. The molecule has 0 bridgehead atoms. The zero-order chi connectivity index (χ0) is 10.9. The molecular weight excluding hydrogens is 178 g/mol. The second-order valence-corrected chi connectivity index (χ2v) is 3.74. The molecule has 0 saturated heterocycles. The Labute approximate surface area is 87.8 Å². The monoisotopic (exact) mass is 203 g/mol. The summed E-state index contributed by atoms with van der Waals surface area (Å²) in [6, 6.07) is 0. The lowest BCUT2D eigenvalue weighted by Crippen LogP contribution is -2.37. The van der Waals surface area contributed by atoms with Gasteiger partial charge in [-0.15, -0.1) is 0 Å². The molecule has 86 valence electrons. The molecule has 0 spiro atoms. The van der Waals surface area contributed by atoms with Crippen molar-refractivity contribution >= 4 is 0 Å². The molecule has 0 heterocycles. The largest absolute Gasteiger partial charge is 0.396 e. The number of ether oxygens (including phenoxy) is 1. The Hall–Kier alpha value is -0.120. The number of hydrogen-bond acceptors (Lipinski definition) is 3. The molecule has 14 heavy (non-hydrogen) atoms. The van der Waals surface area contributed by atoms with E-state index < -0.39 is 0 Å². The highest BCUT2D eigenvalue weighted by Gasteiger charge is 2.24. The van der Waals surface area contributed by atoms with Crippen LogP contribution in [0, 0.1) is 5.41 Å². The van der Waals surface area contributed by atoms with Crippen LogP contribution in [-0.4, -0.2) is 38.0 Å². The molecule has 0 aromatic heterocycles. The van der Waals surface area contributed by atoms with Gasteiger partial charge < -0.3 is 15.2 Å². The fraction of sp³-hybridized carbons (Fsp3) is 1.00. The van der Waals surface area contributed by atoms with Crippen LogP contribution in [0.1, 0.15) is 33.6 Å². The second-order valence-electron chi connectivity index (χ2n) is 3.74. The van der Waals surface area contributed by atoms with Crippen LogP contribution < -0.4 is 5.32 Å². The first-order valence-electron chi connectivity index (χ1n) is 5.64. The van der Waals surface area contributed by atoms with Crippen LogP contribution in [0.25, 0.3) is 0 Å². The standard InChI is InChI=1S/C11H25NO2/c1-4-11(5-2,10-13)9-12-7-8-14-6-3/h12-13H,4-10H2,1-3H3. The van der Waals surface area contributed by atoms with E-state index >= 15 is 0 Å². The normalized spacial score (nSPS) is 12.0. The summed E-state index contributed by atoms with van der Waals surface area (Å²) in [7, 11) is 0. The quantitative estimate of drug-likeness (QED) is 0.557. The molecule has 0 radical (unpaired) electrons. The van der Waals surface area contributed by atoms with E-state index in [9.17, 15) is 5.11 Å². The predicted molar refractivity (Wildman–Crippen MR) is 59.5 cm³/mol. The van der Waals surface area contributed by atoms with Gasteiger partial charge in [-0.25, -0.2) is 0 Å². The molecule has 3 heteroatoms. The highest BCUT2D eigenvalue weighted by atomic mass is 16.5. The highest BCUT2D eigenvalue weighted by Crippen LogP contribution is 2.24. The number of aliphatic hydroxyl groups excluding tert-OH is 1. The van der Waals surface area contributed by atoms with Crippen molar-refractivity contribution in [3.8, 4) is 0 Å². The first kappa shape index (κ1) is 13.9. The molecule has 2 N–H and O–H groups in total. The van der Waals surface area contributed by atoms with Crippen LogP contribution in [0.2, 0.25) is 0 Å². The summed E-state index contributed by atoms with van der Waals surface area (Å²) >= 11 is 0. The van der Waals surface area contributed by atoms with Crippen molar-refractivity contribution in [3.05, 3.63) is 0 Å². The van der Waals surface area contributed by atoms with E-state index in [4.69, 9.17) is 4.74 Å². The SMILES string of the molecule is CCOCCNCC(CC)(CC)CO. The van der Waals surface area contributed by atoms with Gasteiger partial charge in [-0.1, -0.05) is 13.8 Å².